The van der Waals surface area contributed by atoms with Gasteiger partial charge in [0, 0.05) is 50.1 Å². The molecule has 57 heavy (non-hydrogen) atoms. The molecule has 16 heteroatoms. The number of phenolic OH excluding ortho intramolecular Hbond substituents is 1. The van der Waals surface area contributed by atoms with Gasteiger partial charge in [-0.15, -0.1) is 0 Å². The number of esters is 2. The number of hydrogen-bond donors (Lipinski definition) is 5. The second kappa shape index (κ2) is 24.1. The summed E-state index contributed by atoms with van der Waals surface area (Å²) in [7, 11) is 1.46. The first-order valence-corrected chi connectivity index (χ1v) is 21.0. The lowest BCUT2D eigenvalue weighted by Gasteiger charge is -2.31. The molecule has 14 nitrogen and oxygen atoms in total. The second-order valence-corrected chi connectivity index (χ2v) is 15.7. The molecule has 4 rings (SSSR count). The number of carbonyl (C=O) groups is 4. The van der Waals surface area contributed by atoms with Crippen LogP contribution < -0.4 is 26.8 Å². The number of anilines is 2. The van der Waals surface area contributed by atoms with Crippen molar-refractivity contribution >= 4 is 58.3 Å². The van der Waals surface area contributed by atoms with E-state index in [-0.39, 0.29) is 69.5 Å². The molecule has 0 aliphatic carbocycles. The first kappa shape index (κ1) is 45.7. The van der Waals surface area contributed by atoms with Crippen LogP contribution in [0.5, 0.6) is 11.5 Å². The van der Waals surface area contributed by atoms with Crippen LogP contribution >= 0.6 is 23.2 Å². The van der Waals surface area contributed by atoms with Crippen LogP contribution in [0.4, 0.5) is 11.4 Å². The summed E-state index contributed by atoms with van der Waals surface area (Å²) in [5, 5.41) is 16.6. The first-order chi connectivity index (χ1) is 27.5. The number of ether oxygens (including phenoxy) is 3. The first-order valence-electron chi connectivity index (χ1n) is 20.2. The van der Waals surface area contributed by atoms with E-state index in [9.17, 15) is 24.3 Å². The van der Waals surface area contributed by atoms with E-state index in [0.29, 0.717) is 37.6 Å². The van der Waals surface area contributed by atoms with Gasteiger partial charge in [0.1, 0.15) is 35.8 Å². The third-order valence-corrected chi connectivity index (χ3v) is 11.4. The van der Waals surface area contributed by atoms with E-state index >= 15 is 0 Å². The number of nitrogens with one attached hydrogen (secondary N) is 2. The number of nitrogens with zero attached hydrogens (tertiary/aromatic N) is 2. The Morgan fingerprint density at radius 1 is 0.667 bits per heavy atom. The van der Waals surface area contributed by atoms with Crippen LogP contribution in [-0.2, 0) is 19.1 Å². The van der Waals surface area contributed by atoms with Crippen LogP contribution in [0.1, 0.15) is 97.8 Å². The summed E-state index contributed by atoms with van der Waals surface area (Å²) in [5.41, 5.74) is 12.2. The van der Waals surface area contributed by atoms with Crippen molar-refractivity contribution in [1.82, 2.24) is 20.4 Å². The van der Waals surface area contributed by atoms with Crippen molar-refractivity contribution in [2.75, 3.05) is 84.1 Å². The van der Waals surface area contributed by atoms with Gasteiger partial charge in [0.2, 0.25) is 11.8 Å². The summed E-state index contributed by atoms with van der Waals surface area (Å²) in [6.45, 7) is 6.00. The lowest BCUT2D eigenvalue weighted by molar-refractivity contribution is -0.127. The molecule has 0 radical (unpaired) electrons. The van der Waals surface area contributed by atoms with Gasteiger partial charge in [-0.1, -0.05) is 61.7 Å². The molecule has 2 fully saturated rings. The van der Waals surface area contributed by atoms with Gasteiger partial charge in [0.25, 0.3) is 0 Å². The standard InChI is InChI=1S/C41H60Cl2N6O8/c1-55-37-27-35(45)33(43)25-31(37)41(54)57-23-21-49-18-12-29(13-19-49)39(52)47-15-9-7-5-3-2-4-6-8-14-46-38(51)28-10-16-48(17-11-28)20-22-56-40(53)30-24-32(42)34(44)26-36(30)50/h24-29,50H,2-23,44-45H2,1H3,(H,46,51)(H,47,52). The van der Waals surface area contributed by atoms with Crippen LogP contribution in [0.2, 0.25) is 10.0 Å². The van der Waals surface area contributed by atoms with E-state index < -0.39 is 11.9 Å². The summed E-state index contributed by atoms with van der Waals surface area (Å²) in [6.07, 6.45) is 11.9. The number of piperidine rings is 2. The molecular formula is C41H60Cl2N6O8. The molecule has 2 aromatic rings. The average molecular weight is 836 g/mol. The molecule has 2 saturated heterocycles. The summed E-state index contributed by atoms with van der Waals surface area (Å²) in [5.74, 6) is -0.864. The number of hydrogen-bond acceptors (Lipinski definition) is 12. The molecule has 2 aliphatic rings. The minimum absolute atomic E-state index is 0.0000565. The Morgan fingerprint density at radius 3 is 1.53 bits per heavy atom. The topological polar surface area (TPSA) is 199 Å². The van der Waals surface area contributed by atoms with Crippen molar-refractivity contribution in [1.29, 1.82) is 0 Å². The Kier molecular flexibility index (Phi) is 19.3. The maximum atomic E-state index is 12.7. The summed E-state index contributed by atoms with van der Waals surface area (Å²) < 4.78 is 16.0. The fourth-order valence-electron chi connectivity index (χ4n) is 7.19. The van der Waals surface area contributed by atoms with Gasteiger partial charge in [-0.05, 0) is 76.8 Å². The van der Waals surface area contributed by atoms with Crippen molar-refractivity contribution in [3.05, 3.63) is 45.4 Å². The molecule has 2 aliphatic heterocycles. The minimum Gasteiger partial charge on any atom is -0.507 e. The maximum absolute atomic E-state index is 12.7. The maximum Gasteiger partial charge on any atom is 0.342 e. The molecule has 0 bridgehead atoms. The molecule has 316 valence electrons. The average Bonchev–Trinajstić information content (AvgIpc) is 3.20. The molecular weight excluding hydrogens is 775 g/mol. The second-order valence-electron chi connectivity index (χ2n) is 14.9. The highest BCUT2D eigenvalue weighted by atomic mass is 35.5. The molecule has 0 saturated carbocycles. The predicted molar refractivity (Wildman–Crippen MR) is 222 cm³/mol. The van der Waals surface area contributed by atoms with Gasteiger partial charge in [-0.2, -0.15) is 0 Å². The van der Waals surface area contributed by atoms with Crippen LogP contribution in [-0.4, -0.2) is 111 Å². The van der Waals surface area contributed by atoms with E-state index in [1.807, 2.05) is 0 Å². The number of nitrogen functional groups attached to an aromatic ring is 2. The number of unbranched alkanes of at least 4 members (excludes halogenated alkanes) is 7. The lowest BCUT2D eigenvalue weighted by Crippen LogP contribution is -2.41. The van der Waals surface area contributed by atoms with Crippen molar-refractivity contribution in [3.63, 3.8) is 0 Å². The molecule has 2 amide bonds. The summed E-state index contributed by atoms with van der Waals surface area (Å²) in [6, 6.07) is 5.49. The summed E-state index contributed by atoms with van der Waals surface area (Å²) >= 11 is 12.0. The quantitative estimate of drug-likeness (QED) is 0.0555. The molecule has 0 atom stereocenters. The highest BCUT2D eigenvalue weighted by Crippen LogP contribution is 2.30. The zero-order chi connectivity index (χ0) is 41.2. The Hall–Kier alpha value is -3.98. The number of rotatable bonds is 22. The molecule has 2 aromatic carbocycles. The molecule has 0 aromatic heterocycles. The Balaban J connectivity index is 0.920. The van der Waals surface area contributed by atoms with E-state index in [1.165, 1.54) is 44.2 Å². The van der Waals surface area contributed by atoms with Crippen molar-refractivity contribution in [2.24, 2.45) is 11.8 Å². The van der Waals surface area contributed by atoms with Crippen LogP contribution in [0.3, 0.4) is 0 Å². The number of aromatic hydroxyl groups is 1. The number of halogens is 2. The monoisotopic (exact) mass is 834 g/mol. The van der Waals surface area contributed by atoms with Crippen molar-refractivity contribution in [3.8, 4) is 11.5 Å². The smallest absolute Gasteiger partial charge is 0.342 e. The Bertz CT molecular complexity index is 1630. The third kappa shape index (κ3) is 15.0. The molecule has 7 N–H and O–H groups in total. The van der Waals surface area contributed by atoms with Crippen molar-refractivity contribution < 1.29 is 38.5 Å². The van der Waals surface area contributed by atoms with Crippen LogP contribution in [0.15, 0.2) is 24.3 Å². The zero-order valence-electron chi connectivity index (χ0n) is 33.1. The number of nitrogens with two attached hydrogens (primary N) is 2. The number of amides is 2. The molecule has 0 unspecified atom stereocenters. The van der Waals surface area contributed by atoms with Gasteiger partial charge >= 0.3 is 11.9 Å². The predicted octanol–water partition coefficient (Wildman–Crippen LogP) is 5.66. The van der Waals surface area contributed by atoms with Crippen molar-refractivity contribution in [2.45, 2.75) is 77.0 Å². The minimum atomic E-state index is -0.658. The van der Waals surface area contributed by atoms with E-state index in [0.717, 1.165) is 90.4 Å². The largest absolute Gasteiger partial charge is 0.507 e. The Morgan fingerprint density at radius 2 is 1.07 bits per heavy atom. The highest BCUT2D eigenvalue weighted by molar-refractivity contribution is 6.34. The van der Waals surface area contributed by atoms with Gasteiger partial charge in [-0.3, -0.25) is 19.4 Å². The van der Waals surface area contributed by atoms with E-state index in [4.69, 9.17) is 48.9 Å². The number of benzene rings is 2. The Labute approximate surface area is 346 Å². The number of phenols is 1. The van der Waals surface area contributed by atoms with Crippen LogP contribution in [0, 0.1) is 11.8 Å². The normalized spacial score (nSPS) is 15.6. The SMILES string of the molecule is COc1cc(N)c(Cl)cc1C(=O)OCCN1CCC(C(=O)NCCCCCCCCCCNC(=O)C2CCN(CCOC(=O)c3cc(Cl)c(N)cc3O)CC2)CC1. The van der Waals surface area contributed by atoms with E-state index in [2.05, 4.69) is 20.4 Å². The fourth-order valence-corrected chi connectivity index (χ4v) is 7.52. The van der Waals surface area contributed by atoms with Gasteiger partial charge in [0.15, 0.2) is 0 Å². The van der Waals surface area contributed by atoms with Gasteiger partial charge in [0.05, 0.1) is 28.5 Å². The summed E-state index contributed by atoms with van der Waals surface area (Å²) in [4.78, 5) is 54.6. The number of carbonyl (C=O) groups excluding carboxylic acids is 4. The van der Waals surface area contributed by atoms with Crippen LogP contribution in [0.25, 0.3) is 0 Å². The highest BCUT2D eigenvalue weighted by Gasteiger charge is 2.26. The number of likely N-dealkylation sites (tertiary alicyclic amines) is 2. The number of methoxy groups -OCH3 is 1. The van der Waals surface area contributed by atoms with Gasteiger partial charge in [-0.25, -0.2) is 9.59 Å². The lowest BCUT2D eigenvalue weighted by atomic mass is 9.96. The molecule has 2 heterocycles. The molecule has 0 spiro atoms. The van der Waals surface area contributed by atoms with E-state index in [1.54, 1.807) is 0 Å². The van der Waals surface area contributed by atoms with Gasteiger partial charge < -0.3 is 41.4 Å². The zero-order valence-corrected chi connectivity index (χ0v) is 34.6. The fraction of sp³-hybridized carbons (Fsp3) is 0.610. The third-order valence-electron chi connectivity index (χ3n) is 10.8.